The molecule has 90 valence electrons. The lowest BCUT2D eigenvalue weighted by Crippen LogP contribution is -2.09. The molecule has 0 fully saturated rings. The van der Waals surface area contributed by atoms with Crippen LogP contribution >= 0.6 is 0 Å². The molecule has 0 unspecified atom stereocenters. The summed E-state index contributed by atoms with van der Waals surface area (Å²) < 4.78 is 5.49. The second kappa shape index (κ2) is 4.97. The lowest BCUT2D eigenvalue weighted by molar-refractivity contribution is 0.499. The first-order chi connectivity index (χ1) is 8.20. The van der Waals surface area contributed by atoms with Gasteiger partial charge >= 0.3 is 6.01 Å². The van der Waals surface area contributed by atoms with Crippen LogP contribution in [0.2, 0.25) is 0 Å². The monoisotopic (exact) mass is 232 g/mol. The van der Waals surface area contributed by atoms with Gasteiger partial charge < -0.3 is 10.2 Å². The third-order valence-electron chi connectivity index (χ3n) is 2.52. The van der Waals surface area contributed by atoms with Crippen molar-refractivity contribution in [1.82, 2.24) is 10.2 Å². The van der Waals surface area contributed by atoms with Crippen LogP contribution in [0.4, 0.5) is 11.7 Å². The van der Waals surface area contributed by atoms with Crippen LogP contribution in [-0.2, 0) is 6.42 Å². The Balaban J connectivity index is 2.18. The molecule has 1 heterocycles. The van der Waals surface area contributed by atoms with Crippen molar-refractivity contribution in [3.63, 3.8) is 0 Å². The SMILES string of the molecule is Cc1ccc(N(C)c2nnc(CCN)o2)cc1. The molecule has 2 rings (SSSR count). The van der Waals surface area contributed by atoms with Gasteiger partial charge in [0.05, 0.1) is 0 Å². The van der Waals surface area contributed by atoms with E-state index in [1.807, 2.05) is 36.2 Å². The number of hydrogen-bond acceptors (Lipinski definition) is 5. The van der Waals surface area contributed by atoms with E-state index in [0.717, 1.165) is 5.69 Å². The number of aromatic nitrogens is 2. The van der Waals surface area contributed by atoms with Gasteiger partial charge in [-0.1, -0.05) is 22.8 Å². The minimum absolute atomic E-state index is 0.484. The van der Waals surface area contributed by atoms with E-state index in [9.17, 15) is 0 Å². The van der Waals surface area contributed by atoms with Crippen molar-refractivity contribution < 1.29 is 4.42 Å². The average Bonchev–Trinajstić information content (AvgIpc) is 2.78. The van der Waals surface area contributed by atoms with E-state index >= 15 is 0 Å². The van der Waals surface area contributed by atoms with E-state index in [-0.39, 0.29) is 0 Å². The molecular formula is C12H16N4O. The van der Waals surface area contributed by atoms with Gasteiger partial charge in [0.1, 0.15) is 0 Å². The highest BCUT2D eigenvalue weighted by Crippen LogP contribution is 2.22. The van der Waals surface area contributed by atoms with Crippen LogP contribution in [0, 0.1) is 6.92 Å². The number of rotatable bonds is 4. The van der Waals surface area contributed by atoms with Crippen LogP contribution in [0.1, 0.15) is 11.5 Å². The summed E-state index contributed by atoms with van der Waals surface area (Å²) in [4.78, 5) is 1.85. The van der Waals surface area contributed by atoms with Gasteiger partial charge in [-0.3, -0.25) is 4.90 Å². The molecule has 0 saturated heterocycles. The summed E-state index contributed by atoms with van der Waals surface area (Å²) in [5.41, 5.74) is 7.66. The van der Waals surface area contributed by atoms with Crippen molar-refractivity contribution in [2.24, 2.45) is 5.73 Å². The molecule has 2 N–H and O–H groups in total. The molecule has 1 aromatic heterocycles. The third kappa shape index (κ3) is 2.62. The number of nitrogens with two attached hydrogens (primary N) is 1. The Bertz CT molecular complexity index is 478. The summed E-state index contributed by atoms with van der Waals surface area (Å²) in [6, 6.07) is 8.60. The lowest BCUT2D eigenvalue weighted by atomic mass is 10.2. The van der Waals surface area contributed by atoms with E-state index < -0.39 is 0 Å². The lowest BCUT2D eigenvalue weighted by Gasteiger charge is -2.13. The van der Waals surface area contributed by atoms with Gasteiger partial charge in [-0.2, -0.15) is 0 Å². The summed E-state index contributed by atoms with van der Waals surface area (Å²) >= 11 is 0. The van der Waals surface area contributed by atoms with Gasteiger partial charge in [-0.15, -0.1) is 5.10 Å². The van der Waals surface area contributed by atoms with Crippen LogP contribution in [0.15, 0.2) is 28.7 Å². The zero-order valence-corrected chi connectivity index (χ0v) is 10.1. The molecule has 0 bridgehead atoms. The van der Waals surface area contributed by atoms with Gasteiger partial charge in [0.25, 0.3) is 0 Å². The van der Waals surface area contributed by atoms with Crippen LogP contribution in [0.5, 0.6) is 0 Å². The van der Waals surface area contributed by atoms with Gasteiger partial charge in [0.2, 0.25) is 5.89 Å². The summed E-state index contributed by atoms with van der Waals surface area (Å²) in [7, 11) is 1.89. The first-order valence-corrected chi connectivity index (χ1v) is 5.53. The summed E-state index contributed by atoms with van der Waals surface area (Å²) in [6.07, 6.45) is 0.606. The molecule has 5 nitrogen and oxygen atoms in total. The van der Waals surface area contributed by atoms with Gasteiger partial charge in [-0.25, -0.2) is 0 Å². The zero-order chi connectivity index (χ0) is 12.3. The zero-order valence-electron chi connectivity index (χ0n) is 10.1. The number of benzene rings is 1. The fourth-order valence-electron chi connectivity index (χ4n) is 1.48. The maximum atomic E-state index is 5.49. The van der Waals surface area contributed by atoms with Crippen LogP contribution in [0.3, 0.4) is 0 Å². The van der Waals surface area contributed by atoms with Crippen molar-refractivity contribution in [3.05, 3.63) is 35.7 Å². The standard InChI is InChI=1S/C12H16N4O/c1-9-3-5-10(6-4-9)16(2)12-15-14-11(17-12)7-8-13/h3-6H,7-8,13H2,1-2H3. The van der Waals surface area contributed by atoms with Crippen molar-refractivity contribution in [2.45, 2.75) is 13.3 Å². The molecule has 0 spiro atoms. The average molecular weight is 232 g/mol. The molecule has 17 heavy (non-hydrogen) atoms. The van der Waals surface area contributed by atoms with Gasteiger partial charge in [0, 0.05) is 25.7 Å². The van der Waals surface area contributed by atoms with Crippen molar-refractivity contribution >= 4 is 11.7 Å². The molecule has 0 amide bonds. The summed E-state index contributed by atoms with van der Waals surface area (Å²) in [5.74, 6) is 0.571. The van der Waals surface area contributed by atoms with Gasteiger partial charge in [-0.05, 0) is 19.1 Å². The van der Waals surface area contributed by atoms with Gasteiger partial charge in [0.15, 0.2) is 0 Å². The van der Waals surface area contributed by atoms with Crippen molar-refractivity contribution in [2.75, 3.05) is 18.5 Å². The highest BCUT2D eigenvalue weighted by molar-refractivity contribution is 5.55. The second-order valence-corrected chi connectivity index (χ2v) is 3.91. The molecule has 0 aliphatic carbocycles. The Morgan fingerprint density at radius 2 is 1.94 bits per heavy atom. The molecule has 0 aliphatic heterocycles. The smallest absolute Gasteiger partial charge is 0.322 e. The number of anilines is 2. The van der Waals surface area contributed by atoms with Crippen LogP contribution < -0.4 is 10.6 Å². The van der Waals surface area contributed by atoms with E-state index in [1.165, 1.54) is 5.56 Å². The Morgan fingerprint density at radius 1 is 1.24 bits per heavy atom. The highest BCUT2D eigenvalue weighted by atomic mass is 16.4. The van der Waals surface area contributed by atoms with E-state index in [4.69, 9.17) is 10.2 Å². The Hall–Kier alpha value is -1.88. The molecular weight excluding hydrogens is 216 g/mol. The Morgan fingerprint density at radius 3 is 2.59 bits per heavy atom. The Kier molecular flexibility index (Phi) is 3.39. The summed E-state index contributed by atoms with van der Waals surface area (Å²) in [6.45, 7) is 2.56. The quantitative estimate of drug-likeness (QED) is 0.868. The fourth-order valence-corrected chi connectivity index (χ4v) is 1.48. The van der Waals surface area contributed by atoms with E-state index in [0.29, 0.717) is 24.9 Å². The molecule has 0 atom stereocenters. The molecule has 2 aromatic rings. The molecule has 1 aromatic carbocycles. The molecule has 0 radical (unpaired) electrons. The number of aryl methyl sites for hydroxylation is 1. The molecule has 0 aliphatic rings. The number of hydrogen-bond donors (Lipinski definition) is 1. The fraction of sp³-hybridized carbons (Fsp3) is 0.333. The maximum Gasteiger partial charge on any atom is 0.322 e. The highest BCUT2D eigenvalue weighted by Gasteiger charge is 2.11. The molecule has 5 heteroatoms. The normalized spacial score (nSPS) is 10.5. The minimum Gasteiger partial charge on any atom is -0.408 e. The first kappa shape index (κ1) is 11.6. The van der Waals surface area contributed by atoms with Crippen molar-refractivity contribution in [1.29, 1.82) is 0 Å². The topological polar surface area (TPSA) is 68.2 Å². The van der Waals surface area contributed by atoms with E-state index in [2.05, 4.69) is 17.1 Å². The Labute approximate surface area is 100 Å². The maximum absolute atomic E-state index is 5.49. The third-order valence-corrected chi connectivity index (χ3v) is 2.52. The number of nitrogens with zero attached hydrogens (tertiary/aromatic N) is 3. The van der Waals surface area contributed by atoms with Crippen molar-refractivity contribution in [3.8, 4) is 0 Å². The molecule has 0 saturated carbocycles. The largest absolute Gasteiger partial charge is 0.408 e. The first-order valence-electron chi connectivity index (χ1n) is 5.53. The van der Waals surface area contributed by atoms with Crippen LogP contribution in [-0.4, -0.2) is 23.8 Å². The summed E-state index contributed by atoms with van der Waals surface area (Å²) in [5, 5.41) is 7.92. The predicted octanol–water partition coefficient (Wildman–Crippen LogP) is 1.65. The minimum atomic E-state index is 0.484. The predicted molar refractivity (Wildman–Crippen MR) is 66.3 cm³/mol. The van der Waals surface area contributed by atoms with Crippen LogP contribution in [0.25, 0.3) is 0 Å². The second-order valence-electron chi connectivity index (χ2n) is 3.91. The van der Waals surface area contributed by atoms with E-state index in [1.54, 1.807) is 0 Å².